The lowest BCUT2D eigenvalue weighted by molar-refractivity contribution is -0.120. The highest BCUT2D eigenvalue weighted by Crippen LogP contribution is 2.24. The van der Waals surface area contributed by atoms with Crippen LogP contribution in [0.15, 0.2) is 29.2 Å². The largest absolute Gasteiger partial charge is 0.326 e. The van der Waals surface area contributed by atoms with E-state index < -0.39 is 26.2 Å². The molecule has 0 aliphatic carbocycles. The Morgan fingerprint density at radius 1 is 0.966 bits per heavy atom. The molecule has 2 heterocycles. The molecule has 29 heavy (non-hydrogen) atoms. The average molecular weight is 445 g/mol. The van der Waals surface area contributed by atoms with Crippen LogP contribution in [0.25, 0.3) is 0 Å². The Hall–Kier alpha value is -1.53. The maximum Gasteiger partial charge on any atom is 0.281 e. The first-order valence-corrected chi connectivity index (χ1v) is 12.5. The summed E-state index contributed by atoms with van der Waals surface area (Å²) in [4.78, 5) is 12.8. The van der Waals surface area contributed by atoms with E-state index in [0.29, 0.717) is 38.2 Å². The summed E-state index contributed by atoms with van der Waals surface area (Å²) in [5.41, 5.74) is 0.489. The third kappa shape index (κ3) is 4.80. The number of hydrogen-bond donors (Lipinski definition) is 1. The fourth-order valence-electron chi connectivity index (χ4n) is 3.63. The van der Waals surface area contributed by atoms with Gasteiger partial charge in [-0.1, -0.05) is 0 Å². The zero-order valence-electron chi connectivity index (χ0n) is 16.7. The normalized spacial score (nSPS) is 22.1. The fourth-order valence-corrected chi connectivity index (χ4v) is 6.34. The lowest BCUT2D eigenvalue weighted by Gasteiger charge is -2.32. The van der Waals surface area contributed by atoms with Gasteiger partial charge in [-0.2, -0.15) is 21.3 Å². The first-order valence-electron chi connectivity index (χ1n) is 9.71. The summed E-state index contributed by atoms with van der Waals surface area (Å²) in [6.07, 6.45) is 2.95. The third-order valence-corrected chi connectivity index (χ3v) is 9.19. The summed E-state index contributed by atoms with van der Waals surface area (Å²) in [6.45, 7) is 1.60. The smallest absolute Gasteiger partial charge is 0.281 e. The number of rotatable bonds is 6. The minimum absolute atomic E-state index is 0.133. The molecule has 2 fully saturated rings. The number of nitrogens with one attached hydrogen (secondary N) is 1. The lowest BCUT2D eigenvalue weighted by atomic mass is 9.99. The number of piperidine rings is 1. The van der Waals surface area contributed by atoms with Gasteiger partial charge in [-0.15, -0.1) is 0 Å². The molecule has 2 saturated heterocycles. The molecule has 0 unspecified atom stereocenters. The molecule has 1 atom stereocenters. The van der Waals surface area contributed by atoms with Crippen LogP contribution < -0.4 is 5.32 Å². The molecule has 9 nitrogen and oxygen atoms in total. The molecular weight excluding hydrogens is 416 g/mol. The van der Waals surface area contributed by atoms with Gasteiger partial charge in [0, 0.05) is 46.0 Å². The van der Waals surface area contributed by atoms with Crippen molar-refractivity contribution in [2.45, 2.75) is 30.6 Å². The van der Waals surface area contributed by atoms with Crippen LogP contribution in [-0.4, -0.2) is 75.9 Å². The van der Waals surface area contributed by atoms with E-state index in [0.717, 1.165) is 17.1 Å². The Bertz CT molecular complexity index is 939. The number of carbonyl (C=O) groups excluding carboxylic acids is 1. The SMILES string of the molecule is CN(C)S(=O)(=O)N1CCC[C@H](C(=O)Nc2ccc(S(=O)(=O)N3CCCC3)cc2)C1. The van der Waals surface area contributed by atoms with Crippen LogP contribution >= 0.6 is 0 Å². The van der Waals surface area contributed by atoms with Crippen LogP contribution in [-0.2, 0) is 25.0 Å². The molecule has 162 valence electrons. The van der Waals surface area contributed by atoms with Gasteiger partial charge >= 0.3 is 0 Å². The molecule has 1 N–H and O–H groups in total. The summed E-state index contributed by atoms with van der Waals surface area (Å²) in [5, 5.41) is 2.78. The Labute approximate surface area is 172 Å². The van der Waals surface area contributed by atoms with E-state index in [1.54, 1.807) is 12.1 Å². The van der Waals surface area contributed by atoms with Crippen molar-refractivity contribution in [3.63, 3.8) is 0 Å². The van der Waals surface area contributed by atoms with E-state index in [4.69, 9.17) is 0 Å². The summed E-state index contributed by atoms with van der Waals surface area (Å²) < 4.78 is 53.7. The van der Waals surface area contributed by atoms with Crippen LogP contribution in [0.4, 0.5) is 5.69 Å². The van der Waals surface area contributed by atoms with Crippen molar-refractivity contribution >= 4 is 31.8 Å². The number of anilines is 1. The predicted octanol–water partition coefficient (Wildman–Crippen LogP) is 0.928. The van der Waals surface area contributed by atoms with Crippen molar-refractivity contribution in [3.05, 3.63) is 24.3 Å². The Kier molecular flexibility index (Phi) is 6.64. The molecular formula is C18H28N4O5S2. The number of sulfonamides is 1. The molecule has 0 radical (unpaired) electrons. The van der Waals surface area contributed by atoms with Gasteiger partial charge < -0.3 is 5.32 Å². The molecule has 0 aromatic heterocycles. The zero-order chi connectivity index (χ0) is 21.2. The standard InChI is InChI=1S/C18H28N4O5S2/c1-20(2)29(26,27)22-13-5-6-15(14-22)18(23)19-16-7-9-17(10-8-16)28(24,25)21-11-3-4-12-21/h7-10,15H,3-6,11-14H2,1-2H3,(H,19,23)/t15-/m0/s1. The van der Waals surface area contributed by atoms with Crippen LogP contribution in [0, 0.1) is 5.92 Å². The minimum Gasteiger partial charge on any atom is -0.326 e. The molecule has 1 amide bonds. The molecule has 0 saturated carbocycles. The number of benzene rings is 1. The van der Waals surface area contributed by atoms with E-state index in [-0.39, 0.29) is 17.3 Å². The van der Waals surface area contributed by atoms with Gasteiger partial charge in [0.15, 0.2) is 0 Å². The average Bonchev–Trinajstić information content (AvgIpc) is 3.24. The van der Waals surface area contributed by atoms with Crippen LogP contribution in [0.2, 0.25) is 0 Å². The van der Waals surface area contributed by atoms with Gasteiger partial charge in [-0.05, 0) is 49.9 Å². The van der Waals surface area contributed by atoms with Crippen LogP contribution in [0.5, 0.6) is 0 Å². The summed E-state index contributed by atoms with van der Waals surface area (Å²) >= 11 is 0. The van der Waals surface area contributed by atoms with Gasteiger partial charge in [0.1, 0.15) is 0 Å². The van der Waals surface area contributed by atoms with Gasteiger partial charge in [0.2, 0.25) is 15.9 Å². The van der Waals surface area contributed by atoms with E-state index in [9.17, 15) is 21.6 Å². The van der Waals surface area contributed by atoms with Crippen LogP contribution in [0.1, 0.15) is 25.7 Å². The molecule has 1 aromatic carbocycles. The molecule has 3 rings (SSSR count). The van der Waals surface area contributed by atoms with Crippen molar-refractivity contribution in [2.75, 3.05) is 45.6 Å². The maximum atomic E-state index is 12.6. The van der Waals surface area contributed by atoms with Crippen molar-refractivity contribution < 1.29 is 21.6 Å². The second-order valence-corrected chi connectivity index (χ2v) is 11.7. The predicted molar refractivity (Wildman–Crippen MR) is 110 cm³/mol. The van der Waals surface area contributed by atoms with Crippen molar-refractivity contribution in [2.24, 2.45) is 5.92 Å². The topological polar surface area (TPSA) is 107 Å². The van der Waals surface area contributed by atoms with Crippen LogP contribution in [0.3, 0.4) is 0 Å². The van der Waals surface area contributed by atoms with Gasteiger partial charge in [0.05, 0.1) is 10.8 Å². The zero-order valence-corrected chi connectivity index (χ0v) is 18.4. The summed E-state index contributed by atoms with van der Waals surface area (Å²) in [7, 11) is -4.11. The highest BCUT2D eigenvalue weighted by atomic mass is 32.2. The second kappa shape index (κ2) is 8.68. The van der Waals surface area contributed by atoms with Gasteiger partial charge in [0.25, 0.3) is 10.2 Å². The van der Waals surface area contributed by atoms with E-state index in [1.807, 2.05) is 0 Å². The van der Waals surface area contributed by atoms with E-state index in [2.05, 4.69) is 5.32 Å². The minimum atomic E-state index is -3.55. The summed E-state index contributed by atoms with van der Waals surface area (Å²) in [5.74, 6) is -0.717. The first-order chi connectivity index (χ1) is 13.6. The monoisotopic (exact) mass is 444 g/mol. The molecule has 1 aromatic rings. The van der Waals surface area contributed by atoms with Crippen molar-refractivity contribution in [1.82, 2.24) is 12.9 Å². The Balaban J connectivity index is 1.65. The number of amides is 1. The maximum absolute atomic E-state index is 12.6. The Morgan fingerprint density at radius 3 is 2.14 bits per heavy atom. The highest BCUT2D eigenvalue weighted by molar-refractivity contribution is 7.89. The fraction of sp³-hybridized carbons (Fsp3) is 0.611. The van der Waals surface area contributed by atoms with Crippen molar-refractivity contribution in [3.8, 4) is 0 Å². The first kappa shape index (κ1) is 22.2. The third-order valence-electron chi connectivity index (χ3n) is 5.37. The molecule has 2 aliphatic heterocycles. The van der Waals surface area contributed by atoms with Gasteiger partial charge in [-0.25, -0.2) is 8.42 Å². The quantitative estimate of drug-likeness (QED) is 0.702. The number of hydrogen-bond acceptors (Lipinski definition) is 5. The van der Waals surface area contributed by atoms with Gasteiger partial charge in [-0.3, -0.25) is 4.79 Å². The van der Waals surface area contributed by atoms with E-state index >= 15 is 0 Å². The van der Waals surface area contributed by atoms with E-state index in [1.165, 1.54) is 34.8 Å². The lowest BCUT2D eigenvalue weighted by Crippen LogP contribution is -2.47. The number of nitrogens with zero attached hydrogens (tertiary/aromatic N) is 3. The second-order valence-electron chi connectivity index (χ2n) is 7.61. The number of carbonyl (C=O) groups is 1. The highest BCUT2D eigenvalue weighted by Gasteiger charge is 2.33. The van der Waals surface area contributed by atoms with Crippen molar-refractivity contribution in [1.29, 1.82) is 0 Å². The molecule has 11 heteroatoms. The molecule has 0 spiro atoms. The molecule has 2 aliphatic rings. The molecule has 0 bridgehead atoms. The summed E-state index contributed by atoms with van der Waals surface area (Å²) in [6, 6.07) is 6.12. The Morgan fingerprint density at radius 2 is 1.55 bits per heavy atom.